The second-order valence-electron chi connectivity index (χ2n) is 5.89. The SMILES string of the molecule is COC(=O)c1ccc(Cl)c(NC(=O)CN2C(=O)CSC=C2c2ccccc2)c1. The smallest absolute Gasteiger partial charge is 0.337 e. The minimum absolute atomic E-state index is 0.157. The maximum atomic E-state index is 12.6. The molecule has 0 fully saturated rings. The molecule has 1 aliphatic rings. The summed E-state index contributed by atoms with van der Waals surface area (Å²) < 4.78 is 4.68. The van der Waals surface area contributed by atoms with Gasteiger partial charge in [-0.15, -0.1) is 11.8 Å². The van der Waals surface area contributed by atoms with E-state index in [4.69, 9.17) is 11.6 Å². The molecule has 1 heterocycles. The van der Waals surface area contributed by atoms with Crippen molar-refractivity contribution in [2.24, 2.45) is 0 Å². The Morgan fingerprint density at radius 1 is 1.21 bits per heavy atom. The number of hydrogen-bond donors (Lipinski definition) is 1. The van der Waals surface area contributed by atoms with Crippen LogP contribution >= 0.6 is 23.4 Å². The summed E-state index contributed by atoms with van der Waals surface area (Å²) in [5, 5.41) is 4.81. The summed E-state index contributed by atoms with van der Waals surface area (Å²) in [7, 11) is 1.27. The third kappa shape index (κ3) is 4.55. The third-order valence-corrected chi connectivity index (χ3v) is 5.16. The van der Waals surface area contributed by atoms with Crippen LogP contribution in [-0.2, 0) is 14.3 Å². The van der Waals surface area contributed by atoms with E-state index in [2.05, 4.69) is 10.1 Å². The van der Waals surface area contributed by atoms with Crippen LogP contribution in [0.2, 0.25) is 5.02 Å². The van der Waals surface area contributed by atoms with Crippen molar-refractivity contribution in [3.63, 3.8) is 0 Å². The second kappa shape index (κ2) is 8.95. The Bertz CT molecular complexity index is 946. The highest BCUT2D eigenvalue weighted by atomic mass is 35.5. The van der Waals surface area contributed by atoms with Gasteiger partial charge in [-0.25, -0.2) is 4.79 Å². The minimum Gasteiger partial charge on any atom is -0.465 e. The Kier molecular flexibility index (Phi) is 6.38. The predicted molar refractivity (Wildman–Crippen MR) is 110 cm³/mol. The summed E-state index contributed by atoms with van der Waals surface area (Å²) in [5.41, 5.74) is 2.06. The number of esters is 1. The minimum atomic E-state index is -0.537. The third-order valence-electron chi connectivity index (χ3n) is 4.03. The maximum Gasteiger partial charge on any atom is 0.337 e. The molecule has 0 radical (unpaired) electrons. The first-order valence-corrected chi connectivity index (χ1v) is 9.77. The van der Waals surface area contributed by atoms with E-state index in [9.17, 15) is 14.4 Å². The molecule has 0 saturated carbocycles. The number of methoxy groups -OCH3 is 1. The average molecular weight is 417 g/mol. The number of halogens is 1. The molecule has 3 rings (SSSR count). The number of hydrogen-bond acceptors (Lipinski definition) is 5. The van der Waals surface area contributed by atoms with Gasteiger partial charge in [0, 0.05) is 0 Å². The number of carbonyl (C=O) groups is 3. The monoisotopic (exact) mass is 416 g/mol. The number of rotatable bonds is 5. The zero-order valence-corrected chi connectivity index (χ0v) is 16.5. The molecule has 2 amide bonds. The Morgan fingerprint density at radius 2 is 1.96 bits per heavy atom. The van der Waals surface area contributed by atoms with E-state index >= 15 is 0 Å². The van der Waals surface area contributed by atoms with Crippen molar-refractivity contribution in [2.75, 3.05) is 24.7 Å². The van der Waals surface area contributed by atoms with E-state index in [1.165, 1.54) is 42.0 Å². The first-order chi connectivity index (χ1) is 13.5. The number of anilines is 1. The van der Waals surface area contributed by atoms with Crippen LogP contribution in [-0.4, -0.2) is 42.1 Å². The maximum absolute atomic E-state index is 12.6. The van der Waals surface area contributed by atoms with Gasteiger partial charge >= 0.3 is 5.97 Å². The molecule has 0 aromatic heterocycles. The summed E-state index contributed by atoms with van der Waals surface area (Å²) in [4.78, 5) is 38.1. The highest BCUT2D eigenvalue weighted by Gasteiger charge is 2.25. The molecule has 0 bridgehead atoms. The number of nitrogens with one attached hydrogen (secondary N) is 1. The van der Waals surface area contributed by atoms with Crippen LogP contribution in [0.25, 0.3) is 5.70 Å². The van der Waals surface area contributed by atoms with E-state index in [1.807, 2.05) is 35.7 Å². The van der Waals surface area contributed by atoms with Crippen molar-refractivity contribution in [1.82, 2.24) is 4.90 Å². The second-order valence-corrected chi connectivity index (χ2v) is 7.16. The van der Waals surface area contributed by atoms with Crippen LogP contribution in [0.1, 0.15) is 15.9 Å². The summed E-state index contributed by atoms with van der Waals surface area (Å²) >= 11 is 7.52. The standard InChI is InChI=1S/C20H17ClN2O4S/c1-27-20(26)14-7-8-15(21)16(9-14)22-18(24)10-23-17(11-28-12-19(23)25)13-5-3-2-4-6-13/h2-9,11H,10,12H2,1H3,(H,22,24). The van der Waals surface area contributed by atoms with Crippen molar-refractivity contribution in [1.29, 1.82) is 0 Å². The molecule has 2 aromatic rings. The molecule has 6 nitrogen and oxygen atoms in total. The summed E-state index contributed by atoms with van der Waals surface area (Å²) in [6.45, 7) is -0.168. The first-order valence-electron chi connectivity index (χ1n) is 8.35. The molecule has 0 spiro atoms. The van der Waals surface area contributed by atoms with Crippen molar-refractivity contribution < 1.29 is 19.1 Å². The molecular formula is C20H17ClN2O4S. The number of thioether (sulfide) groups is 1. The van der Waals surface area contributed by atoms with Gasteiger partial charge in [0.15, 0.2) is 0 Å². The summed E-state index contributed by atoms with van der Waals surface area (Å²) in [6, 6.07) is 13.8. The summed E-state index contributed by atoms with van der Waals surface area (Å²) in [5.74, 6) is -0.853. The molecule has 1 aliphatic heterocycles. The number of carbonyl (C=O) groups excluding carboxylic acids is 3. The predicted octanol–water partition coefficient (Wildman–Crippen LogP) is 3.64. The van der Waals surface area contributed by atoms with E-state index in [0.29, 0.717) is 5.70 Å². The number of nitrogens with zero attached hydrogens (tertiary/aromatic N) is 1. The molecule has 144 valence electrons. The van der Waals surface area contributed by atoms with Crippen molar-refractivity contribution >= 4 is 52.5 Å². The number of benzene rings is 2. The quantitative estimate of drug-likeness (QED) is 0.753. The molecular weight excluding hydrogens is 400 g/mol. The Morgan fingerprint density at radius 3 is 2.68 bits per heavy atom. The van der Waals surface area contributed by atoms with Crippen LogP contribution in [0.5, 0.6) is 0 Å². The van der Waals surface area contributed by atoms with Gasteiger partial charge in [-0.05, 0) is 29.2 Å². The highest BCUT2D eigenvalue weighted by Crippen LogP contribution is 2.28. The number of amides is 2. The van der Waals surface area contributed by atoms with E-state index in [-0.39, 0.29) is 34.5 Å². The largest absolute Gasteiger partial charge is 0.465 e. The number of ether oxygens (including phenoxy) is 1. The lowest BCUT2D eigenvalue weighted by Crippen LogP contribution is -2.39. The van der Waals surface area contributed by atoms with Gasteiger partial charge in [0.2, 0.25) is 11.8 Å². The molecule has 0 atom stereocenters. The van der Waals surface area contributed by atoms with Gasteiger partial charge in [-0.2, -0.15) is 0 Å². The summed E-state index contributed by atoms with van der Waals surface area (Å²) in [6.07, 6.45) is 0. The molecule has 28 heavy (non-hydrogen) atoms. The molecule has 0 aliphatic carbocycles. The van der Waals surface area contributed by atoms with Crippen LogP contribution in [0, 0.1) is 0 Å². The Balaban J connectivity index is 1.78. The molecule has 2 aromatic carbocycles. The average Bonchev–Trinajstić information content (AvgIpc) is 2.71. The van der Waals surface area contributed by atoms with Crippen LogP contribution in [0.15, 0.2) is 53.9 Å². The zero-order valence-electron chi connectivity index (χ0n) is 15.0. The molecule has 1 N–H and O–H groups in total. The highest BCUT2D eigenvalue weighted by molar-refractivity contribution is 8.03. The van der Waals surface area contributed by atoms with Gasteiger partial charge in [0.1, 0.15) is 6.54 Å². The topological polar surface area (TPSA) is 75.7 Å². The van der Waals surface area contributed by atoms with Crippen molar-refractivity contribution in [3.05, 3.63) is 70.1 Å². The van der Waals surface area contributed by atoms with Gasteiger partial charge in [-0.3, -0.25) is 9.59 Å². The Hall–Kier alpha value is -2.77. The lowest BCUT2D eigenvalue weighted by atomic mass is 10.1. The lowest BCUT2D eigenvalue weighted by Gasteiger charge is -2.28. The van der Waals surface area contributed by atoms with Gasteiger partial charge < -0.3 is 15.0 Å². The Labute approximate surface area is 171 Å². The molecule has 0 unspecified atom stereocenters. The normalized spacial score (nSPS) is 13.7. The van der Waals surface area contributed by atoms with E-state index in [1.54, 1.807) is 0 Å². The van der Waals surface area contributed by atoms with Crippen molar-refractivity contribution in [3.8, 4) is 0 Å². The van der Waals surface area contributed by atoms with Crippen LogP contribution in [0.4, 0.5) is 5.69 Å². The van der Waals surface area contributed by atoms with E-state index in [0.717, 1.165) is 5.56 Å². The van der Waals surface area contributed by atoms with Crippen LogP contribution < -0.4 is 5.32 Å². The lowest BCUT2D eigenvalue weighted by molar-refractivity contribution is -0.129. The first kappa shape index (κ1) is 20.0. The fourth-order valence-electron chi connectivity index (χ4n) is 2.67. The van der Waals surface area contributed by atoms with Crippen LogP contribution in [0.3, 0.4) is 0 Å². The van der Waals surface area contributed by atoms with E-state index < -0.39 is 11.9 Å². The van der Waals surface area contributed by atoms with Gasteiger partial charge in [0.25, 0.3) is 0 Å². The van der Waals surface area contributed by atoms with Gasteiger partial charge in [-0.1, -0.05) is 41.9 Å². The van der Waals surface area contributed by atoms with Gasteiger partial charge in [0.05, 0.1) is 34.8 Å². The fourth-order valence-corrected chi connectivity index (χ4v) is 3.64. The molecule has 0 saturated heterocycles. The zero-order chi connectivity index (χ0) is 20.1. The van der Waals surface area contributed by atoms with Crippen molar-refractivity contribution in [2.45, 2.75) is 0 Å². The fraction of sp³-hybridized carbons (Fsp3) is 0.150. The molecule has 8 heteroatoms.